The average Bonchev–Trinajstić information content (AvgIpc) is 3.48. The fraction of sp³-hybridized carbons (Fsp3) is 0.290. The highest BCUT2D eigenvalue weighted by atomic mass is 35.5. The van der Waals surface area contributed by atoms with Crippen LogP contribution in [0, 0.1) is 23.6 Å². The minimum absolute atomic E-state index is 0.0630. The molecule has 1 amide bonds. The second-order valence-corrected chi connectivity index (χ2v) is 10.6. The number of aromatic nitrogens is 3. The first-order valence-electron chi connectivity index (χ1n) is 13.4. The van der Waals surface area contributed by atoms with Crippen molar-refractivity contribution >= 4 is 29.0 Å². The van der Waals surface area contributed by atoms with E-state index in [1.54, 1.807) is 36.4 Å². The first kappa shape index (κ1) is 27.5. The molecule has 0 radical (unpaired) electrons. The Labute approximate surface area is 237 Å². The molecule has 0 spiro atoms. The maximum absolute atomic E-state index is 13.4. The fourth-order valence-electron chi connectivity index (χ4n) is 5.30. The first-order valence-corrected chi connectivity index (χ1v) is 13.7. The van der Waals surface area contributed by atoms with Gasteiger partial charge in [-0.05, 0) is 98.2 Å². The number of hydrogen-bond donors (Lipinski definition) is 1. The minimum atomic E-state index is -0.332. The molecule has 0 saturated heterocycles. The quantitative estimate of drug-likeness (QED) is 0.232. The lowest BCUT2D eigenvalue weighted by molar-refractivity contribution is -0.128. The van der Waals surface area contributed by atoms with E-state index in [4.69, 9.17) is 16.3 Å². The number of carbonyl (C=O) groups is 2. The Bertz CT molecular complexity index is 1430. The van der Waals surface area contributed by atoms with Crippen molar-refractivity contribution < 1.29 is 18.7 Å². The van der Waals surface area contributed by atoms with E-state index in [0.29, 0.717) is 30.0 Å². The summed E-state index contributed by atoms with van der Waals surface area (Å²) >= 11 is 6.37. The molecular weight excluding hydrogens is 531 g/mol. The number of halogens is 2. The van der Waals surface area contributed by atoms with Gasteiger partial charge in [0, 0.05) is 22.5 Å². The van der Waals surface area contributed by atoms with E-state index in [9.17, 15) is 14.0 Å². The molecule has 3 aromatic carbocycles. The van der Waals surface area contributed by atoms with Gasteiger partial charge in [-0.3, -0.25) is 9.59 Å². The number of benzene rings is 3. The predicted molar refractivity (Wildman–Crippen MR) is 151 cm³/mol. The van der Waals surface area contributed by atoms with Crippen LogP contribution in [0.1, 0.15) is 31.2 Å². The summed E-state index contributed by atoms with van der Waals surface area (Å²) in [5.41, 5.74) is 1.71. The van der Waals surface area contributed by atoms with Gasteiger partial charge in [-0.15, -0.1) is 0 Å². The zero-order valence-corrected chi connectivity index (χ0v) is 22.6. The van der Waals surface area contributed by atoms with Crippen molar-refractivity contribution in [2.24, 2.45) is 17.8 Å². The second-order valence-electron chi connectivity index (χ2n) is 10.2. The van der Waals surface area contributed by atoms with Crippen molar-refractivity contribution in [3.8, 4) is 11.5 Å². The molecular formula is C31H30ClFN4O3. The van der Waals surface area contributed by atoms with Crippen molar-refractivity contribution in [1.82, 2.24) is 14.8 Å². The molecule has 40 heavy (non-hydrogen) atoms. The van der Waals surface area contributed by atoms with Crippen LogP contribution in [-0.4, -0.2) is 26.5 Å². The Hall–Kier alpha value is -4.04. The maximum atomic E-state index is 13.4. The molecule has 0 bridgehead atoms. The van der Waals surface area contributed by atoms with Crippen LogP contribution < -0.4 is 10.1 Å². The molecule has 9 heteroatoms. The van der Waals surface area contributed by atoms with Gasteiger partial charge in [0.05, 0.1) is 0 Å². The van der Waals surface area contributed by atoms with Gasteiger partial charge in [-0.25, -0.2) is 14.1 Å². The van der Waals surface area contributed by atoms with Gasteiger partial charge in [-0.1, -0.05) is 29.8 Å². The number of hydrogen-bond acceptors (Lipinski definition) is 5. The number of Topliss-reactive ketones (excluding diaryl/α,β-unsaturated/α-hetero) is 1. The fourth-order valence-corrected chi connectivity index (χ4v) is 5.53. The van der Waals surface area contributed by atoms with E-state index >= 15 is 0 Å². The van der Waals surface area contributed by atoms with Gasteiger partial charge in [0.2, 0.25) is 5.91 Å². The Kier molecular flexibility index (Phi) is 8.86. The van der Waals surface area contributed by atoms with Crippen molar-refractivity contribution in [3.63, 3.8) is 0 Å². The van der Waals surface area contributed by atoms with Crippen molar-refractivity contribution in [3.05, 3.63) is 102 Å². The lowest BCUT2D eigenvalue weighted by atomic mass is 9.71. The highest BCUT2D eigenvalue weighted by Gasteiger charge is 2.36. The van der Waals surface area contributed by atoms with Gasteiger partial charge in [0.1, 0.15) is 36.5 Å². The second kappa shape index (κ2) is 12.9. The minimum Gasteiger partial charge on any atom is -0.457 e. The SMILES string of the molecule is O=C(Cn1cncn1)C1CC(CCc2ccccc2Cl)CC(C(=O)Nc2ccc(Oc3ccc(F)cc3)cc2)C1. The van der Waals surface area contributed by atoms with Crippen LogP contribution in [0.5, 0.6) is 11.5 Å². The number of rotatable bonds is 10. The Morgan fingerprint density at radius 3 is 2.35 bits per heavy atom. The van der Waals surface area contributed by atoms with Gasteiger partial charge < -0.3 is 10.1 Å². The first-order chi connectivity index (χ1) is 19.4. The number of anilines is 1. The Balaban J connectivity index is 1.24. The van der Waals surface area contributed by atoms with Crippen LogP contribution in [0.2, 0.25) is 5.02 Å². The molecule has 1 heterocycles. The number of ether oxygens (including phenoxy) is 1. The van der Waals surface area contributed by atoms with E-state index in [-0.39, 0.29) is 41.8 Å². The van der Waals surface area contributed by atoms with Gasteiger partial charge >= 0.3 is 0 Å². The normalized spacial score (nSPS) is 18.7. The molecule has 1 aromatic heterocycles. The highest BCUT2D eigenvalue weighted by molar-refractivity contribution is 6.31. The molecule has 1 aliphatic rings. The van der Waals surface area contributed by atoms with Gasteiger partial charge in [0.15, 0.2) is 5.78 Å². The summed E-state index contributed by atoms with van der Waals surface area (Å²) < 4.78 is 20.4. The third-order valence-electron chi connectivity index (χ3n) is 7.37. The molecule has 206 valence electrons. The lowest BCUT2D eigenvalue weighted by Gasteiger charge is -2.34. The van der Waals surface area contributed by atoms with Gasteiger partial charge in [0.25, 0.3) is 0 Å². The van der Waals surface area contributed by atoms with E-state index in [1.165, 1.54) is 29.5 Å². The van der Waals surface area contributed by atoms with Crippen LogP contribution in [0.15, 0.2) is 85.5 Å². The van der Waals surface area contributed by atoms with Crippen molar-refractivity contribution in [2.75, 3.05) is 5.32 Å². The summed E-state index contributed by atoms with van der Waals surface area (Å²) in [5, 5.41) is 7.82. The van der Waals surface area contributed by atoms with Crippen molar-refractivity contribution in [2.45, 2.75) is 38.6 Å². The number of aryl methyl sites for hydroxylation is 1. The van der Waals surface area contributed by atoms with E-state index in [1.807, 2.05) is 24.3 Å². The maximum Gasteiger partial charge on any atom is 0.227 e. The molecule has 5 rings (SSSR count). The van der Waals surface area contributed by atoms with E-state index in [0.717, 1.165) is 29.8 Å². The third-order valence-corrected chi connectivity index (χ3v) is 7.73. The van der Waals surface area contributed by atoms with Crippen LogP contribution in [-0.2, 0) is 22.6 Å². The lowest BCUT2D eigenvalue weighted by Crippen LogP contribution is -2.36. The molecule has 4 aromatic rings. The van der Waals surface area contributed by atoms with Crippen LogP contribution >= 0.6 is 11.6 Å². The number of nitrogens with one attached hydrogen (secondary N) is 1. The van der Waals surface area contributed by atoms with Crippen LogP contribution in [0.3, 0.4) is 0 Å². The number of ketones is 1. The predicted octanol–water partition coefficient (Wildman–Crippen LogP) is 6.74. The summed E-state index contributed by atoms with van der Waals surface area (Å²) in [4.78, 5) is 30.5. The Morgan fingerprint density at radius 2 is 1.65 bits per heavy atom. The Morgan fingerprint density at radius 1 is 0.950 bits per heavy atom. The highest BCUT2D eigenvalue weighted by Crippen LogP contribution is 2.38. The molecule has 0 aliphatic heterocycles. The molecule has 7 nitrogen and oxygen atoms in total. The summed E-state index contributed by atoms with van der Waals surface area (Å²) in [7, 11) is 0. The van der Waals surface area contributed by atoms with Crippen LogP contribution in [0.4, 0.5) is 10.1 Å². The number of amides is 1. The van der Waals surface area contributed by atoms with Gasteiger partial charge in [-0.2, -0.15) is 5.10 Å². The summed E-state index contributed by atoms with van der Waals surface area (Å²) in [6.45, 7) is 0.145. The molecule has 1 aliphatic carbocycles. The smallest absolute Gasteiger partial charge is 0.227 e. The molecule has 3 unspecified atom stereocenters. The largest absolute Gasteiger partial charge is 0.457 e. The van der Waals surface area contributed by atoms with E-state index < -0.39 is 0 Å². The standard InChI is InChI=1S/C31H30ClFN4O3/c32-29-4-2-1-3-22(29)6-5-21-15-23(30(38)18-37-20-34-19-35-37)17-24(16-21)31(39)36-26-9-13-28(14-10-26)40-27-11-7-25(33)8-12-27/h1-4,7-14,19-21,23-24H,5-6,15-18H2,(H,36,39). The molecule has 1 N–H and O–H groups in total. The van der Waals surface area contributed by atoms with E-state index in [2.05, 4.69) is 15.4 Å². The monoisotopic (exact) mass is 560 g/mol. The summed E-state index contributed by atoms with van der Waals surface area (Å²) in [6, 6.07) is 20.6. The third kappa shape index (κ3) is 7.33. The number of nitrogens with zero attached hydrogens (tertiary/aromatic N) is 3. The molecule has 1 saturated carbocycles. The topological polar surface area (TPSA) is 86.1 Å². The zero-order chi connectivity index (χ0) is 27.9. The molecule has 1 fully saturated rings. The number of carbonyl (C=O) groups excluding carboxylic acids is 2. The summed E-state index contributed by atoms with van der Waals surface area (Å²) in [6.07, 6.45) is 6.50. The van der Waals surface area contributed by atoms with Crippen LogP contribution in [0.25, 0.3) is 0 Å². The van der Waals surface area contributed by atoms with Crippen molar-refractivity contribution in [1.29, 1.82) is 0 Å². The molecule has 3 atom stereocenters. The summed E-state index contributed by atoms with van der Waals surface area (Å²) in [5.74, 6) is 0.381. The average molecular weight is 561 g/mol. The zero-order valence-electron chi connectivity index (χ0n) is 21.9.